The highest BCUT2D eigenvalue weighted by Gasteiger charge is 2.30. The van der Waals surface area contributed by atoms with Gasteiger partial charge in [-0.3, -0.25) is 4.79 Å². The summed E-state index contributed by atoms with van der Waals surface area (Å²) in [6.07, 6.45) is 0. The van der Waals surface area contributed by atoms with E-state index in [2.05, 4.69) is 0 Å². The van der Waals surface area contributed by atoms with E-state index >= 15 is 0 Å². The number of carbonyl (C=O) groups excluding carboxylic acids is 1. The van der Waals surface area contributed by atoms with Crippen molar-refractivity contribution in [1.82, 2.24) is 0 Å². The van der Waals surface area contributed by atoms with Gasteiger partial charge < -0.3 is 10.6 Å². The first kappa shape index (κ1) is 9.21. The lowest BCUT2D eigenvalue weighted by molar-refractivity contribution is 0.0995. The lowest BCUT2D eigenvalue weighted by Gasteiger charge is -2.14. The summed E-state index contributed by atoms with van der Waals surface area (Å²) >= 11 is 0. The first-order valence-corrected chi connectivity index (χ1v) is 5.37. The van der Waals surface area contributed by atoms with Crippen LogP contribution in [-0.4, -0.2) is 12.5 Å². The molecule has 1 amide bonds. The summed E-state index contributed by atoms with van der Waals surface area (Å²) in [6.45, 7) is 2.64. The second-order valence-electron chi connectivity index (χ2n) is 3.95. The fraction of sp³-hybridized carbons (Fsp3) is 0.154. The highest BCUT2D eigenvalue weighted by molar-refractivity contribution is 6.27. The van der Waals surface area contributed by atoms with Crippen molar-refractivity contribution < 1.29 is 4.79 Å². The molecule has 16 heavy (non-hydrogen) atoms. The van der Waals surface area contributed by atoms with E-state index in [-0.39, 0.29) is 5.91 Å². The summed E-state index contributed by atoms with van der Waals surface area (Å²) < 4.78 is 0. The van der Waals surface area contributed by atoms with Gasteiger partial charge in [0.25, 0.3) is 5.91 Å². The maximum absolute atomic E-state index is 12.2. The van der Waals surface area contributed by atoms with Crippen LogP contribution in [0.15, 0.2) is 30.3 Å². The zero-order chi connectivity index (χ0) is 11.3. The SMILES string of the molecule is CCN1C(=O)c2c(N)ccc3cccc1c23. The lowest BCUT2D eigenvalue weighted by atomic mass is 10.0. The number of nitrogens with zero attached hydrogens (tertiary/aromatic N) is 1. The van der Waals surface area contributed by atoms with Crippen LogP contribution in [0, 0.1) is 0 Å². The van der Waals surface area contributed by atoms with Crippen LogP contribution in [0.3, 0.4) is 0 Å². The number of rotatable bonds is 1. The van der Waals surface area contributed by atoms with Gasteiger partial charge in [0.2, 0.25) is 0 Å². The second-order valence-corrected chi connectivity index (χ2v) is 3.95. The van der Waals surface area contributed by atoms with E-state index in [0.717, 1.165) is 16.5 Å². The predicted octanol–water partition coefficient (Wildman–Crippen LogP) is 2.40. The van der Waals surface area contributed by atoms with Crippen molar-refractivity contribution in [3.8, 4) is 0 Å². The van der Waals surface area contributed by atoms with Crippen LogP contribution in [0.25, 0.3) is 10.8 Å². The molecule has 0 aromatic heterocycles. The fourth-order valence-electron chi connectivity index (χ4n) is 2.39. The zero-order valence-corrected chi connectivity index (χ0v) is 9.03. The van der Waals surface area contributed by atoms with E-state index in [1.54, 1.807) is 11.0 Å². The number of amides is 1. The van der Waals surface area contributed by atoms with Gasteiger partial charge in [0.1, 0.15) is 0 Å². The average molecular weight is 212 g/mol. The van der Waals surface area contributed by atoms with E-state index < -0.39 is 0 Å². The van der Waals surface area contributed by atoms with Crippen molar-refractivity contribution in [2.75, 3.05) is 17.2 Å². The van der Waals surface area contributed by atoms with Crippen molar-refractivity contribution in [1.29, 1.82) is 0 Å². The van der Waals surface area contributed by atoms with Gasteiger partial charge in [-0.25, -0.2) is 0 Å². The molecule has 1 heterocycles. The Kier molecular flexibility index (Phi) is 1.72. The Hall–Kier alpha value is -2.03. The number of nitrogens with two attached hydrogens (primary N) is 1. The monoisotopic (exact) mass is 212 g/mol. The molecule has 0 saturated heterocycles. The molecule has 1 aliphatic heterocycles. The van der Waals surface area contributed by atoms with Crippen LogP contribution in [0.5, 0.6) is 0 Å². The Balaban J connectivity index is 2.48. The van der Waals surface area contributed by atoms with E-state index in [1.165, 1.54) is 0 Å². The maximum atomic E-state index is 12.2. The molecule has 80 valence electrons. The van der Waals surface area contributed by atoms with Gasteiger partial charge in [0, 0.05) is 17.6 Å². The Morgan fingerprint density at radius 2 is 2.06 bits per heavy atom. The standard InChI is InChI=1S/C13H12N2O/c1-2-15-10-5-3-4-8-6-7-9(14)12(11(8)10)13(15)16/h3-7H,2,14H2,1H3. The van der Waals surface area contributed by atoms with Crippen LogP contribution >= 0.6 is 0 Å². The van der Waals surface area contributed by atoms with Gasteiger partial charge in [-0.05, 0) is 24.4 Å². The molecule has 2 aromatic rings. The van der Waals surface area contributed by atoms with Crippen molar-refractivity contribution >= 4 is 28.1 Å². The van der Waals surface area contributed by atoms with E-state index in [9.17, 15) is 4.79 Å². The molecule has 3 rings (SSSR count). The minimum atomic E-state index is 0.0202. The molecule has 0 unspecified atom stereocenters. The molecule has 2 N–H and O–H groups in total. The van der Waals surface area contributed by atoms with Crippen LogP contribution in [0.1, 0.15) is 17.3 Å². The maximum Gasteiger partial charge on any atom is 0.261 e. The van der Waals surface area contributed by atoms with Crippen LogP contribution in [0.2, 0.25) is 0 Å². The van der Waals surface area contributed by atoms with Crippen molar-refractivity contribution in [2.45, 2.75) is 6.92 Å². The molecule has 3 nitrogen and oxygen atoms in total. The zero-order valence-electron chi connectivity index (χ0n) is 9.03. The van der Waals surface area contributed by atoms with Crippen LogP contribution in [0.4, 0.5) is 11.4 Å². The quantitative estimate of drug-likeness (QED) is 0.738. The minimum Gasteiger partial charge on any atom is -0.398 e. The van der Waals surface area contributed by atoms with Gasteiger partial charge in [0.05, 0.1) is 11.3 Å². The van der Waals surface area contributed by atoms with Crippen LogP contribution < -0.4 is 10.6 Å². The number of hydrogen-bond acceptors (Lipinski definition) is 2. The fourth-order valence-corrected chi connectivity index (χ4v) is 2.39. The lowest BCUT2D eigenvalue weighted by Crippen LogP contribution is -2.26. The molecule has 2 aromatic carbocycles. The summed E-state index contributed by atoms with van der Waals surface area (Å²) in [6, 6.07) is 9.72. The summed E-state index contributed by atoms with van der Waals surface area (Å²) in [5, 5.41) is 2.07. The summed E-state index contributed by atoms with van der Waals surface area (Å²) in [5.41, 5.74) is 8.10. The molecule has 0 fully saturated rings. The number of hydrogen-bond donors (Lipinski definition) is 1. The number of benzene rings is 2. The molecule has 1 aliphatic rings. The molecule has 0 spiro atoms. The molecule has 0 atom stereocenters. The molecule has 0 saturated carbocycles. The smallest absolute Gasteiger partial charge is 0.261 e. The molecule has 3 heteroatoms. The first-order chi connectivity index (χ1) is 7.74. The molecular weight excluding hydrogens is 200 g/mol. The third-order valence-electron chi connectivity index (χ3n) is 3.12. The molecule has 0 bridgehead atoms. The molecule has 0 aliphatic carbocycles. The minimum absolute atomic E-state index is 0.0202. The van der Waals surface area contributed by atoms with Gasteiger partial charge in [-0.15, -0.1) is 0 Å². The van der Waals surface area contributed by atoms with Gasteiger partial charge >= 0.3 is 0 Å². The summed E-state index contributed by atoms with van der Waals surface area (Å²) in [5.74, 6) is 0.0202. The van der Waals surface area contributed by atoms with Crippen molar-refractivity contribution in [3.05, 3.63) is 35.9 Å². The molecule has 0 radical (unpaired) electrons. The first-order valence-electron chi connectivity index (χ1n) is 5.37. The Morgan fingerprint density at radius 3 is 2.81 bits per heavy atom. The third kappa shape index (κ3) is 0.949. The topological polar surface area (TPSA) is 46.3 Å². The van der Waals surface area contributed by atoms with Gasteiger partial charge in [-0.2, -0.15) is 0 Å². The summed E-state index contributed by atoms with van der Waals surface area (Å²) in [7, 11) is 0. The Bertz CT molecular complexity index is 604. The average Bonchev–Trinajstić information content (AvgIpc) is 2.58. The number of anilines is 2. The third-order valence-corrected chi connectivity index (χ3v) is 3.12. The predicted molar refractivity (Wildman–Crippen MR) is 65.7 cm³/mol. The summed E-state index contributed by atoms with van der Waals surface area (Å²) in [4.78, 5) is 13.9. The van der Waals surface area contributed by atoms with Gasteiger partial charge in [-0.1, -0.05) is 18.2 Å². The van der Waals surface area contributed by atoms with E-state index in [0.29, 0.717) is 17.8 Å². The van der Waals surface area contributed by atoms with Gasteiger partial charge in [0.15, 0.2) is 0 Å². The largest absolute Gasteiger partial charge is 0.398 e. The Morgan fingerprint density at radius 1 is 1.25 bits per heavy atom. The highest BCUT2D eigenvalue weighted by Crippen LogP contribution is 2.39. The van der Waals surface area contributed by atoms with Crippen LogP contribution in [-0.2, 0) is 0 Å². The second kappa shape index (κ2) is 2.98. The highest BCUT2D eigenvalue weighted by atomic mass is 16.2. The van der Waals surface area contributed by atoms with Crippen molar-refractivity contribution in [2.24, 2.45) is 0 Å². The number of nitrogen functional groups attached to an aromatic ring is 1. The Labute approximate surface area is 93.5 Å². The van der Waals surface area contributed by atoms with E-state index in [1.807, 2.05) is 31.2 Å². The number of carbonyl (C=O) groups is 1. The normalized spacial score (nSPS) is 13.8. The van der Waals surface area contributed by atoms with Crippen molar-refractivity contribution in [3.63, 3.8) is 0 Å². The molecular formula is C13H12N2O. The van der Waals surface area contributed by atoms with E-state index in [4.69, 9.17) is 5.73 Å².